The van der Waals surface area contributed by atoms with Crippen LogP contribution in [-0.4, -0.2) is 175 Å². The van der Waals surface area contributed by atoms with E-state index in [0.29, 0.717) is 35.2 Å². The van der Waals surface area contributed by atoms with Crippen LogP contribution in [0.3, 0.4) is 0 Å². The van der Waals surface area contributed by atoms with Crippen LogP contribution in [-0.2, 0) is 18.6 Å². The maximum absolute atomic E-state index is 13.7. The third-order valence-electron chi connectivity index (χ3n) is 19.2. The fourth-order valence-electron chi connectivity index (χ4n) is 14.0. The lowest BCUT2D eigenvalue weighted by Crippen LogP contribution is -2.53. The number of benzene rings is 2. The molecular weight excluding hydrogens is 1110 g/mol. The highest BCUT2D eigenvalue weighted by Crippen LogP contribution is 2.46. The fraction of sp³-hybridized carbons (Fsp3) is 0.606. The van der Waals surface area contributed by atoms with Crippen molar-refractivity contribution in [1.29, 1.82) is 0 Å². The van der Waals surface area contributed by atoms with Crippen molar-refractivity contribution in [2.45, 2.75) is 171 Å². The number of hydrogen-bond acceptors (Lipinski definition) is 15. The maximum Gasteiger partial charge on any atom is 0.356 e. The van der Waals surface area contributed by atoms with Crippen molar-refractivity contribution in [2.75, 3.05) is 96.1 Å². The van der Waals surface area contributed by atoms with Gasteiger partial charge in [-0.2, -0.15) is 10.2 Å². The van der Waals surface area contributed by atoms with Crippen LogP contribution in [0.4, 0.5) is 20.2 Å². The Morgan fingerprint density at radius 1 is 0.535 bits per heavy atom. The van der Waals surface area contributed by atoms with Crippen LogP contribution in [0.5, 0.6) is 0 Å². The van der Waals surface area contributed by atoms with Crippen molar-refractivity contribution in [3.63, 3.8) is 0 Å². The van der Waals surface area contributed by atoms with Gasteiger partial charge in [0.1, 0.15) is 11.6 Å². The van der Waals surface area contributed by atoms with Gasteiger partial charge in [-0.1, -0.05) is 19.3 Å². The second kappa shape index (κ2) is 26.0. The lowest BCUT2D eigenvalue weighted by molar-refractivity contribution is -0.106. The number of rotatable bonds is 15. The van der Waals surface area contributed by atoms with E-state index in [1.807, 2.05) is 19.1 Å². The van der Waals surface area contributed by atoms with Crippen LogP contribution in [0.1, 0.15) is 160 Å². The van der Waals surface area contributed by atoms with Gasteiger partial charge in [-0.25, -0.2) is 37.7 Å². The van der Waals surface area contributed by atoms with Gasteiger partial charge in [-0.05, 0) is 177 Å². The molecule has 8 aliphatic rings. The lowest BCUT2D eigenvalue weighted by atomic mass is 9.82. The molecule has 462 valence electrons. The van der Waals surface area contributed by atoms with Crippen LogP contribution in [0.25, 0.3) is 33.4 Å². The molecule has 0 radical (unpaired) electrons. The molecule has 17 nitrogen and oxygen atoms in total. The number of nitrogens with zero attached hydrogens (tertiary/aromatic N) is 11. The number of carbonyl (C=O) groups excluding carboxylic acids is 2. The Hall–Kier alpha value is -5.90. The van der Waals surface area contributed by atoms with Crippen LogP contribution in [0, 0.1) is 11.6 Å². The minimum absolute atomic E-state index is 0.154. The summed E-state index contributed by atoms with van der Waals surface area (Å²) in [5.74, 6) is -0.912. The summed E-state index contributed by atoms with van der Waals surface area (Å²) >= 11 is 0. The summed E-state index contributed by atoms with van der Waals surface area (Å²) in [5, 5.41) is 12.1. The molecule has 20 heteroatoms. The predicted octanol–water partition coefficient (Wildman–Crippen LogP) is 11.8. The Morgan fingerprint density at radius 2 is 0.930 bits per heavy atom. The van der Waals surface area contributed by atoms with Crippen molar-refractivity contribution in [2.24, 2.45) is 0 Å². The Bertz CT molecular complexity index is 3310. The van der Waals surface area contributed by atoms with E-state index in [9.17, 15) is 18.4 Å². The molecule has 8 fully saturated rings. The van der Waals surface area contributed by atoms with Gasteiger partial charge in [-0.15, -0.1) is 0 Å². The quantitative estimate of drug-likeness (QED) is 0.0545. The molecule has 4 saturated heterocycles. The van der Waals surface area contributed by atoms with E-state index < -0.39 is 20.3 Å². The van der Waals surface area contributed by atoms with Gasteiger partial charge in [0.05, 0.1) is 59.1 Å². The number of anilines is 2. The zero-order chi connectivity index (χ0) is 59.7. The van der Waals surface area contributed by atoms with E-state index in [1.54, 1.807) is 33.6 Å². The second-order valence-electron chi connectivity index (χ2n) is 26.1. The monoisotopic (exact) mass is 1200 g/mol. The van der Waals surface area contributed by atoms with E-state index >= 15 is 0 Å². The Kier molecular flexibility index (Phi) is 18.3. The van der Waals surface area contributed by atoms with Gasteiger partial charge >= 0.3 is 11.9 Å². The molecule has 0 spiro atoms. The normalized spacial score (nSPS) is 21.1. The Balaban J connectivity index is 0.000000144. The molecule has 86 heavy (non-hydrogen) atoms. The SMILES string of the molecule is CCOC1(O[Si](C)(C)C)CC1.COC(=O)c1cc(N2CCC(N3CCCCC3)CC2)c2c(C3CCC3)nn(-c3ccc(F)cc3)c2n1.COC(=O)c1cc(N2CCC(N3CCN(C4CC4)CC3)CC2)c2c(C3CCC3)nn(-c3ccc(F)cc3)c2n1. The largest absolute Gasteiger partial charge is 0.464 e. The Labute approximate surface area is 506 Å². The molecule has 4 aliphatic carbocycles. The van der Waals surface area contributed by atoms with E-state index in [1.165, 1.54) is 123 Å². The first-order chi connectivity index (χ1) is 41.7. The standard InChI is InChI=1S/C30H37FN6O2.C28H34FN5O2.C8H18O2Si/c1-39-30(38)25-19-26(36-13-11-23(12-14-36)35-17-15-34(16-18-35)22-9-10-22)27-28(20-3-2-4-20)33-37(29(27)32-25)24-7-5-21(31)6-8-24;1-36-28(35)23-18-24(33-16-12-21(13-17-33)32-14-3-2-4-15-32)25-26(19-6-5-7-19)31-34(27(25)30-23)22-10-8-20(29)9-11-22;1-5-9-8(6-7-8)10-11(2,3)4/h5-8,19-20,22-23H,2-4,9-18H2,1H3;8-11,18-19,21H,2-7,12-17H2,1H3;5-7H2,1-4H3. The first-order valence-electron chi connectivity index (χ1n) is 32.3. The molecule has 8 heterocycles. The molecule has 2 aromatic carbocycles. The zero-order valence-electron chi connectivity index (χ0n) is 51.6. The number of piperazine rings is 1. The highest BCUT2D eigenvalue weighted by atomic mass is 28.4. The van der Waals surface area contributed by atoms with Crippen molar-refractivity contribution in [3.05, 3.63) is 95.1 Å². The zero-order valence-corrected chi connectivity index (χ0v) is 52.6. The molecule has 6 aromatic rings. The molecule has 14 rings (SSSR count). The third kappa shape index (κ3) is 13.4. The van der Waals surface area contributed by atoms with E-state index in [-0.39, 0.29) is 28.8 Å². The molecule has 0 bridgehead atoms. The molecule has 0 atom stereocenters. The number of carbonyl (C=O) groups is 2. The minimum Gasteiger partial charge on any atom is -0.464 e. The number of ether oxygens (including phenoxy) is 3. The minimum atomic E-state index is -1.39. The van der Waals surface area contributed by atoms with E-state index in [2.05, 4.69) is 44.1 Å². The van der Waals surface area contributed by atoms with E-state index in [4.69, 9.17) is 38.8 Å². The van der Waals surface area contributed by atoms with Crippen LogP contribution < -0.4 is 9.80 Å². The van der Waals surface area contributed by atoms with Crippen molar-refractivity contribution >= 4 is 53.7 Å². The number of likely N-dealkylation sites (tertiary alicyclic amines) is 1. The summed E-state index contributed by atoms with van der Waals surface area (Å²) in [6, 6.07) is 18.5. The second-order valence-corrected chi connectivity index (χ2v) is 30.6. The van der Waals surface area contributed by atoms with Gasteiger partial charge in [0.15, 0.2) is 36.8 Å². The van der Waals surface area contributed by atoms with Gasteiger partial charge in [-0.3, -0.25) is 9.80 Å². The highest BCUT2D eigenvalue weighted by molar-refractivity contribution is 6.69. The number of aromatic nitrogens is 6. The van der Waals surface area contributed by atoms with Gasteiger partial charge in [0.2, 0.25) is 0 Å². The number of piperidine rings is 3. The van der Waals surface area contributed by atoms with E-state index in [0.717, 1.165) is 148 Å². The lowest BCUT2D eigenvalue weighted by Gasteiger charge is -2.43. The average Bonchev–Trinajstić information content (AvgIpc) is 1.64. The first-order valence-corrected chi connectivity index (χ1v) is 35.7. The molecular formula is C66H89F2N11O6Si. The highest BCUT2D eigenvalue weighted by Gasteiger charge is 2.48. The van der Waals surface area contributed by atoms with Gasteiger partial charge in [0.25, 0.3) is 0 Å². The number of esters is 2. The molecule has 4 saturated carbocycles. The van der Waals surface area contributed by atoms with Gasteiger partial charge < -0.3 is 33.3 Å². The molecule has 0 amide bonds. The molecule has 0 N–H and O–H groups in total. The number of halogens is 2. The van der Waals surface area contributed by atoms with Gasteiger partial charge in [0, 0.05) is 102 Å². The third-order valence-corrected chi connectivity index (χ3v) is 20.2. The summed E-state index contributed by atoms with van der Waals surface area (Å²) < 4.78 is 52.6. The molecule has 4 aromatic heterocycles. The number of hydrogen-bond donors (Lipinski definition) is 0. The Morgan fingerprint density at radius 3 is 1.27 bits per heavy atom. The summed E-state index contributed by atoms with van der Waals surface area (Å²) in [4.78, 5) is 47.8. The number of methoxy groups -OCH3 is 2. The fourth-order valence-corrected chi connectivity index (χ4v) is 15.3. The first kappa shape index (κ1) is 60.4. The van der Waals surface area contributed by atoms with Crippen LogP contribution in [0.2, 0.25) is 19.6 Å². The predicted molar refractivity (Wildman–Crippen MR) is 334 cm³/mol. The van der Waals surface area contributed by atoms with Crippen molar-refractivity contribution in [1.82, 2.24) is 44.2 Å². The summed E-state index contributed by atoms with van der Waals surface area (Å²) in [6.45, 7) is 20.3. The van der Waals surface area contributed by atoms with Crippen LogP contribution in [0.15, 0.2) is 60.7 Å². The van der Waals surface area contributed by atoms with Crippen LogP contribution >= 0.6 is 0 Å². The summed E-state index contributed by atoms with van der Waals surface area (Å²) in [5.41, 5.74) is 7.42. The summed E-state index contributed by atoms with van der Waals surface area (Å²) in [6.07, 6.45) is 20.1. The number of pyridine rings is 2. The number of fused-ring (bicyclic) bond motifs is 2. The average molecular weight is 1200 g/mol. The summed E-state index contributed by atoms with van der Waals surface area (Å²) in [7, 11) is 1.38. The van der Waals surface area contributed by atoms with Crippen molar-refractivity contribution in [3.8, 4) is 11.4 Å². The van der Waals surface area contributed by atoms with Crippen molar-refractivity contribution < 1.29 is 37.0 Å². The topological polar surface area (TPSA) is 149 Å². The molecule has 4 aliphatic heterocycles. The smallest absolute Gasteiger partial charge is 0.356 e. The molecule has 0 unspecified atom stereocenters. The maximum atomic E-state index is 13.7.